The minimum atomic E-state index is -0.184. The summed E-state index contributed by atoms with van der Waals surface area (Å²) in [5.74, 6) is 2.86. The minimum Gasteiger partial charge on any atom is -0.394 e. The van der Waals surface area contributed by atoms with Gasteiger partial charge in [-0.15, -0.1) is 0 Å². The Balaban J connectivity index is 2.34. The van der Waals surface area contributed by atoms with Gasteiger partial charge in [-0.3, -0.25) is 0 Å². The van der Waals surface area contributed by atoms with Crippen LogP contribution in [0.25, 0.3) is 0 Å². The Morgan fingerprint density at radius 2 is 1.90 bits per heavy atom. The Hall–Kier alpha value is -1.36. The normalized spacial score (nSPS) is 16.9. The van der Waals surface area contributed by atoms with Crippen molar-refractivity contribution < 1.29 is 5.11 Å². The summed E-state index contributed by atoms with van der Waals surface area (Å²) in [6.45, 7) is 9.26. The third-order valence-corrected chi connectivity index (χ3v) is 4.02. The maximum absolute atomic E-state index is 9.62. The summed E-state index contributed by atoms with van der Waals surface area (Å²) in [6.07, 6.45) is 3.16. The number of rotatable bonds is 6. The molecule has 1 aromatic heterocycles. The van der Waals surface area contributed by atoms with E-state index in [2.05, 4.69) is 41.4 Å². The van der Waals surface area contributed by atoms with Crippen molar-refractivity contribution >= 4 is 11.6 Å². The molecule has 0 unspecified atom stereocenters. The Kier molecular flexibility index (Phi) is 4.48. The molecule has 1 saturated carbocycles. The Bertz CT molecular complexity index is 464. The van der Waals surface area contributed by atoms with Gasteiger partial charge < -0.3 is 15.7 Å². The van der Waals surface area contributed by atoms with Crippen LogP contribution in [0.15, 0.2) is 0 Å². The second kappa shape index (κ2) is 5.95. The van der Waals surface area contributed by atoms with E-state index in [1.165, 1.54) is 0 Å². The van der Waals surface area contributed by atoms with Crippen LogP contribution in [0, 0.1) is 6.92 Å². The lowest BCUT2D eigenvalue weighted by atomic mass is 9.77. The number of hydrogen-bond donors (Lipinski definition) is 3. The third kappa shape index (κ3) is 2.87. The van der Waals surface area contributed by atoms with E-state index in [-0.39, 0.29) is 18.1 Å². The summed E-state index contributed by atoms with van der Waals surface area (Å²) in [7, 11) is 0. The predicted molar refractivity (Wildman–Crippen MR) is 82.3 cm³/mol. The second-order valence-electron chi connectivity index (χ2n) is 6.01. The summed E-state index contributed by atoms with van der Waals surface area (Å²) in [6, 6.07) is 0. The zero-order valence-corrected chi connectivity index (χ0v) is 13.0. The quantitative estimate of drug-likeness (QED) is 0.746. The van der Waals surface area contributed by atoms with Crippen LogP contribution in [0.5, 0.6) is 0 Å². The zero-order chi connectivity index (χ0) is 14.8. The van der Waals surface area contributed by atoms with Gasteiger partial charge in [0, 0.05) is 18.0 Å². The maximum atomic E-state index is 9.62. The number of nitrogens with one attached hydrogen (secondary N) is 2. The summed E-state index contributed by atoms with van der Waals surface area (Å²) < 4.78 is 0. The van der Waals surface area contributed by atoms with Crippen LogP contribution in [0.2, 0.25) is 0 Å². The van der Waals surface area contributed by atoms with Crippen molar-refractivity contribution in [2.24, 2.45) is 0 Å². The Morgan fingerprint density at radius 3 is 2.35 bits per heavy atom. The molecule has 1 aromatic rings. The summed E-state index contributed by atoms with van der Waals surface area (Å²) in [5, 5.41) is 16.4. The topological polar surface area (TPSA) is 70.1 Å². The Morgan fingerprint density at radius 1 is 1.25 bits per heavy atom. The molecule has 0 bridgehead atoms. The molecule has 1 heterocycles. The second-order valence-corrected chi connectivity index (χ2v) is 6.01. The van der Waals surface area contributed by atoms with Gasteiger partial charge in [-0.1, -0.05) is 13.8 Å². The van der Waals surface area contributed by atoms with Crippen LogP contribution < -0.4 is 10.6 Å². The van der Waals surface area contributed by atoms with Crippen LogP contribution in [-0.2, 0) is 0 Å². The molecule has 0 amide bonds. The van der Waals surface area contributed by atoms with Gasteiger partial charge in [0.1, 0.15) is 17.5 Å². The van der Waals surface area contributed by atoms with Gasteiger partial charge in [0.25, 0.3) is 0 Å². The van der Waals surface area contributed by atoms with Crippen molar-refractivity contribution in [1.29, 1.82) is 0 Å². The van der Waals surface area contributed by atoms with Gasteiger partial charge in [0.15, 0.2) is 0 Å². The first-order valence-electron chi connectivity index (χ1n) is 7.53. The lowest BCUT2D eigenvalue weighted by Crippen LogP contribution is -2.48. The van der Waals surface area contributed by atoms with Crippen molar-refractivity contribution in [3.63, 3.8) is 0 Å². The molecule has 0 radical (unpaired) electrons. The monoisotopic (exact) mass is 278 g/mol. The van der Waals surface area contributed by atoms with Gasteiger partial charge in [0.2, 0.25) is 0 Å². The van der Waals surface area contributed by atoms with E-state index in [0.717, 1.165) is 48.8 Å². The first-order chi connectivity index (χ1) is 9.51. The molecule has 0 spiro atoms. The van der Waals surface area contributed by atoms with Crippen LogP contribution in [-0.4, -0.2) is 33.8 Å². The molecule has 5 heteroatoms. The number of nitrogens with zero attached hydrogens (tertiary/aromatic N) is 2. The SMILES string of the molecule is CCNc1nc(C(C)C)nc(NC2(CO)CCC2)c1C. The maximum Gasteiger partial charge on any atom is 0.135 e. The summed E-state index contributed by atoms with van der Waals surface area (Å²) in [5.41, 5.74) is 0.840. The minimum absolute atomic E-state index is 0.157. The fourth-order valence-corrected chi connectivity index (χ4v) is 2.43. The third-order valence-electron chi connectivity index (χ3n) is 4.02. The van der Waals surface area contributed by atoms with Gasteiger partial charge in [-0.25, -0.2) is 9.97 Å². The smallest absolute Gasteiger partial charge is 0.135 e. The standard InChI is InChI=1S/C15H26N4O/c1-5-16-13-11(4)14(18-12(17-13)10(2)3)19-15(9-20)7-6-8-15/h10,20H,5-9H2,1-4H3,(H2,16,17,18,19). The van der Waals surface area contributed by atoms with Crippen LogP contribution >= 0.6 is 0 Å². The molecule has 1 aliphatic carbocycles. The van der Waals surface area contributed by atoms with Crippen molar-refractivity contribution in [3.8, 4) is 0 Å². The summed E-state index contributed by atoms with van der Waals surface area (Å²) >= 11 is 0. The molecule has 1 aliphatic rings. The van der Waals surface area contributed by atoms with E-state index in [4.69, 9.17) is 0 Å². The van der Waals surface area contributed by atoms with E-state index in [9.17, 15) is 5.11 Å². The first kappa shape index (κ1) is 15.0. The molecule has 0 aromatic carbocycles. The molecule has 112 valence electrons. The van der Waals surface area contributed by atoms with Crippen molar-refractivity contribution in [1.82, 2.24) is 9.97 Å². The van der Waals surface area contributed by atoms with E-state index in [1.807, 2.05) is 6.92 Å². The number of hydrogen-bond acceptors (Lipinski definition) is 5. The fraction of sp³-hybridized carbons (Fsp3) is 0.733. The molecule has 0 atom stereocenters. The van der Waals surface area contributed by atoms with E-state index < -0.39 is 0 Å². The van der Waals surface area contributed by atoms with Gasteiger partial charge in [-0.2, -0.15) is 0 Å². The van der Waals surface area contributed by atoms with E-state index in [0.29, 0.717) is 0 Å². The Labute approximate surface area is 121 Å². The van der Waals surface area contributed by atoms with Gasteiger partial charge in [-0.05, 0) is 33.1 Å². The highest BCUT2D eigenvalue weighted by Crippen LogP contribution is 2.36. The molecule has 1 fully saturated rings. The first-order valence-corrected chi connectivity index (χ1v) is 7.53. The predicted octanol–water partition coefficient (Wildman–Crippen LogP) is 2.67. The lowest BCUT2D eigenvalue weighted by molar-refractivity contribution is 0.143. The van der Waals surface area contributed by atoms with Crippen molar-refractivity contribution in [2.75, 3.05) is 23.8 Å². The molecule has 0 saturated heterocycles. The molecule has 5 nitrogen and oxygen atoms in total. The van der Waals surface area contributed by atoms with Crippen LogP contribution in [0.1, 0.15) is 57.3 Å². The van der Waals surface area contributed by atoms with Crippen LogP contribution in [0.4, 0.5) is 11.6 Å². The lowest BCUT2D eigenvalue weighted by Gasteiger charge is -2.41. The highest BCUT2D eigenvalue weighted by atomic mass is 16.3. The molecule has 20 heavy (non-hydrogen) atoms. The average molecular weight is 278 g/mol. The van der Waals surface area contributed by atoms with E-state index in [1.54, 1.807) is 0 Å². The number of aliphatic hydroxyl groups is 1. The molecule has 2 rings (SSSR count). The summed E-state index contributed by atoms with van der Waals surface area (Å²) in [4.78, 5) is 9.25. The van der Waals surface area contributed by atoms with Gasteiger partial charge >= 0.3 is 0 Å². The molecular weight excluding hydrogens is 252 g/mol. The largest absolute Gasteiger partial charge is 0.394 e. The van der Waals surface area contributed by atoms with Crippen LogP contribution in [0.3, 0.4) is 0 Å². The molecule has 3 N–H and O–H groups in total. The van der Waals surface area contributed by atoms with E-state index >= 15 is 0 Å². The van der Waals surface area contributed by atoms with Crippen molar-refractivity contribution in [3.05, 3.63) is 11.4 Å². The van der Waals surface area contributed by atoms with Crippen molar-refractivity contribution in [2.45, 2.75) is 58.4 Å². The number of aromatic nitrogens is 2. The number of anilines is 2. The number of aliphatic hydroxyl groups excluding tert-OH is 1. The highest BCUT2D eigenvalue weighted by molar-refractivity contribution is 5.58. The fourth-order valence-electron chi connectivity index (χ4n) is 2.43. The average Bonchev–Trinajstić information content (AvgIpc) is 2.37. The molecule has 0 aliphatic heterocycles. The van der Waals surface area contributed by atoms with Gasteiger partial charge in [0.05, 0.1) is 12.1 Å². The highest BCUT2D eigenvalue weighted by Gasteiger charge is 2.37. The zero-order valence-electron chi connectivity index (χ0n) is 13.0. The molecular formula is C15H26N4O.